The summed E-state index contributed by atoms with van der Waals surface area (Å²) in [5.41, 5.74) is 0. The highest BCUT2D eigenvalue weighted by molar-refractivity contribution is 5.75. The highest BCUT2D eigenvalue weighted by Gasteiger charge is 2.00. The van der Waals surface area contributed by atoms with Crippen molar-refractivity contribution in [1.29, 1.82) is 0 Å². The number of amides is 1. The van der Waals surface area contributed by atoms with Crippen molar-refractivity contribution in [3.8, 4) is 0 Å². The van der Waals surface area contributed by atoms with Crippen LogP contribution in [-0.4, -0.2) is 12.5 Å². The molecule has 0 spiro atoms. The molecule has 0 aromatic heterocycles. The molecule has 0 aliphatic heterocycles. The average molecular weight is 420 g/mol. The Morgan fingerprint density at radius 3 is 1.67 bits per heavy atom. The number of carbonyl (C=O) groups excluding carboxylic acids is 1. The van der Waals surface area contributed by atoms with Gasteiger partial charge in [0, 0.05) is 13.0 Å². The van der Waals surface area contributed by atoms with Gasteiger partial charge in [-0.15, -0.1) is 0 Å². The van der Waals surface area contributed by atoms with Crippen molar-refractivity contribution < 1.29 is 4.79 Å². The minimum Gasteiger partial charge on any atom is -0.356 e. The molecule has 0 atom stereocenters. The van der Waals surface area contributed by atoms with Crippen molar-refractivity contribution in [2.75, 3.05) is 6.54 Å². The first-order valence-electron chi connectivity index (χ1n) is 13.4. The van der Waals surface area contributed by atoms with E-state index in [1.165, 1.54) is 103 Å². The van der Waals surface area contributed by atoms with Gasteiger partial charge in [-0.1, -0.05) is 115 Å². The van der Waals surface area contributed by atoms with Crippen LogP contribution in [0.4, 0.5) is 0 Å². The van der Waals surface area contributed by atoms with Crippen LogP contribution < -0.4 is 5.32 Å². The van der Waals surface area contributed by atoms with E-state index >= 15 is 0 Å². The molecule has 0 heterocycles. The van der Waals surface area contributed by atoms with Crippen LogP contribution in [0.25, 0.3) is 0 Å². The van der Waals surface area contributed by atoms with Crippen molar-refractivity contribution in [1.82, 2.24) is 5.32 Å². The fourth-order valence-electron chi connectivity index (χ4n) is 3.67. The molecule has 0 aliphatic rings. The third kappa shape index (κ3) is 25.0. The zero-order chi connectivity index (χ0) is 22.0. The maximum absolute atomic E-state index is 11.9. The molecule has 0 radical (unpaired) electrons. The molecule has 0 rings (SSSR count). The quantitative estimate of drug-likeness (QED) is 0.130. The van der Waals surface area contributed by atoms with E-state index in [1.807, 2.05) is 0 Å². The lowest BCUT2D eigenvalue weighted by atomic mass is 10.1. The van der Waals surface area contributed by atoms with Gasteiger partial charge in [0.15, 0.2) is 0 Å². The summed E-state index contributed by atoms with van der Waals surface area (Å²) in [6.07, 6.45) is 34.1. The molecule has 2 nitrogen and oxygen atoms in total. The lowest BCUT2D eigenvalue weighted by molar-refractivity contribution is -0.121. The Bertz CT molecular complexity index is 399. The number of hydrogen-bond acceptors (Lipinski definition) is 1. The number of unbranched alkanes of at least 4 members (excludes halogenated alkanes) is 15. The molecule has 0 unspecified atom stereocenters. The van der Waals surface area contributed by atoms with Crippen LogP contribution in [0.3, 0.4) is 0 Å². The van der Waals surface area contributed by atoms with Gasteiger partial charge >= 0.3 is 0 Å². The van der Waals surface area contributed by atoms with Crippen LogP contribution in [-0.2, 0) is 4.79 Å². The van der Waals surface area contributed by atoms with E-state index in [9.17, 15) is 4.79 Å². The SMILES string of the molecule is CCCCC/C=C\C/C=C\CCCCCCCC(=O)NCCCCCCCCCC. The average Bonchev–Trinajstić information content (AvgIpc) is 2.75. The molecule has 0 aliphatic carbocycles. The Hall–Kier alpha value is -1.05. The van der Waals surface area contributed by atoms with Crippen LogP contribution in [0.5, 0.6) is 0 Å². The van der Waals surface area contributed by atoms with Crippen molar-refractivity contribution in [3.63, 3.8) is 0 Å². The molecule has 0 bridgehead atoms. The van der Waals surface area contributed by atoms with E-state index in [0.717, 1.165) is 25.8 Å². The Morgan fingerprint density at radius 2 is 1.03 bits per heavy atom. The van der Waals surface area contributed by atoms with Crippen molar-refractivity contribution in [2.45, 2.75) is 142 Å². The van der Waals surface area contributed by atoms with E-state index in [1.54, 1.807) is 0 Å². The summed E-state index contributed by atoms with van der Waals surface area (Å²) in [7, 11) is 0. The Balaban J connectivity index is 3.25. The molecule has 0 saturated heterocycles. The van der Waals surface area contributed by atoms with Crippen LogP contribution >= 0.6 is 0 Å². The van der Waals surface area contributed by atoms with Crippen LogP contribution in [0.1, 0.15) is 142 Å². The molecule has 0 saturated carbocycles. The van der Waals surface area contributed by atoms with Crippen LogP contribution in [0.2, 0.25) is 0 Å². The number of hydrogen-bond donors (Lipinski definition) is 1. The fraction of sp³-hybridized carbons (Fsp3) is 0.821. The van der Waals surface area contributed by atoms with Crippen molar-refractivity contribution in [3.05, 3.63) is 24.3 Å². The molecule has 176 valence electrons. The molecule has 1 N–H and O–H groups in total. The van der Waals surface area contributed by atoms with E-state index in [4.69, 9.17) is 0 Å². The van der Waals surface area contributed by atoms with Gasteiger partial charge in [-0.25, -0.2) is 0 Å². The summed E-state index contributed by atoms with van der Waals surface area (Å²) in [5, 5.41) is 3.09. The van der Waals surface area contributed by atoms with Gasteiger partial charge in [0.1, 0.15) is 0 Å². The highest BCUT2D eigenvalue weighted by atomic mass is 16.1. The van der Waals surface area contributed by atoms with Crippen molar-refractivity contribution >= 4 is 5.91 Å². The molecule has 0 aromatic carbocycles. The third-order valence-electron chi connectivity index (χ3n) is 5.71. The molecule has 0 aromatic rings. The predicted molar refractivity (Wildman–Crippen MR) is 135 cm³/mol. The normalized spacial score (nSPS) is 11.7. The number of carbonyl (C=O) groups is 1. The van der Waals surface area contributed by atoms with Gasteiger partial charge in [-0.2, -0.15) is 0 Å². The lowest BCUT2D eigenvalue weighted by Crippen LogP contribution is -2.23. The zero-order valence-corrected chi connectivity index (χ0v) is 20.6. The summed E-state index contributed by atoms with van der Waals surface area (Å²) >= 11 is 0. The van der Waals surface area contributed by atoms with Gasteiger partial charge < -0.3 is 5.32 Å². The fourth-order valence-corrected chi connectivity index (χ4v) is 3.67. The van der Waals surface area contributed by atoms with E-state index in [2.05, 4.69) is 43.5 Å². The number of allylic oxidation sites excluding steroid dienone is 4. The summed E-state index contributed by atoms with van der Waals surface area (Å²) in [4.78, 5) is 11.9. The summed E-state index contributed by atoms with van der Waals surface area (Å²) in [6.45, 7) is 5.38. The second-order valence-corrected chi connectivity index (χ2v) is 8.81. The number of nitrogens with one attached hydrogen (secondary N) is 1. The zero-order valence-electron chi connectivity index (χ0n) is 20.6. The van der Waals surface area contributed by atoms with Crippen LogP contribution in [0.15, 0.2) is 24.3 Å². The molecular formula is C28H53NO. The monoisotopic (exact) mass is 419 g/mol. The predicted octanol–water partition coefficient (Wildman–Crippen LogP) is 9.06. The summed E-state index contributed by atoms with van der Waals surface area (Å²) in [5.74, 6) is 0.253. The maximum Gasteiger partial charge on any atom is 0.219 e. The Morgan fingerprint density at radius 1 is 0.567 bits per heavy atom. The van der Waals surface area contributed by atoms with Gasteiger partial charge in [0.25, 0.3) is 0 Å². The largest absolute Gasteiger partial charge is 0.356 e. The molecule has 30 heavy (non-hydrogen) atoms. The van der Waals surface area contributed by atoms with Crippen molar-refractivity contribution in [2.24, 2.45) is 0 Å². The molecule has 2 heteroatoms. The minimum absolute atomic E-state index is 0.253. The van der Waals surface area contributed by atoms with Gasteiger partial charge in [-0.3, -0.25) is 4.79 Å². The van der Waals surface area contributed by atoms with Gasteiger partial charge in [0.2, 0.25) is 5.91 Å². The van der Waals surface area contributed by atoms with E-state index in [0.29, 0.717) is 6.42 Å². The lowest BCUT2D eigenvalue weighted by Gasteiger charge is -2.05. The Kier molecular flexibility index (Phi) is 25.1. The third-order valence-corrected chi connectivity index (χ3v) is 5.71. The van der Waals surface area contributed by atoms with Gasteiger partial charge in [0.05, 0.1) is 0 Å². The molecular weight excluding hydrogens is 366 g/mol. The minimum atomic E-state index is 0.253. The second-order valence-electron chi connectivity index (χ2n) is 8.81. The second kappa shape index (κ2) is 26.0. The first-order valence-corrected chi connectivity index (χ1v) is 13.4. The first-order chi connectivity index (χ1) is 14.8. The summed E-state index contributed by atoms with van der Waals surface area (Å²) in [6, 6.07) is 0. The smallest absolute Gasteiger partial charge is 0.219 e. The topological polar surface area (TPSA) is 29.1 Å². The maximum atomic E-state index is 11.9. The van der Waals surface area contributed by atoms with Crippen LogP contribution in [0, 0.1) is 0 Å². The van der Waals surface area contributed by atoms with E-state index in [-0.39, 0.29) is 5.91 Å². The Labute approximate surface area is 189 Å². The van der Waals surface area contributed by atoms with Gasteiger partial charge in [-0.05, 0) is 44.9 Å². The molecule has 1 amide bonds. The molecule has 0 fully saturated rings. The summed E-state index contributed by atoms with van der Waals surface area (Å²) < 4.78 is 0. The first kappa shape index (κ1) is 28.9. The van der Waals surface area contributed by atoms with E-state index < -0.39 is 0 Å². The number of rotatable bonds is 23. The highest BCUT2D eigenvalue weighted by Crippen LogP contribution is 2.09. The standard InChI is InChI=1S/C28H53NO/c1-3-5-7-9-11-13-14-15-16-17-18-19-20-22-24-26-28(30)29-27-25-23-21-12-10-8-6-4-2/h11,13,15-16H,3-10,12,14,17-27H2,1-2H3,(H,29,30)/b13-11-,16-15-.